The zero-order valence-electron chi connectivity index (χ0n) is 14.6. The van der Waals surface area contributed by atoms with E-state index in [9.17, 15) is 4.79 Å². The first-order chi connectivity index (χ1) is 12.1. The number of anilines is 1. The number of carbonyl (C=O) groups is 1. The second kappa shape index (κ2) is 5.91. The highest BCUT2D eigenvalue weighted by Crippen LogP contribution is 2.39. The molecule has 0 fully saturated rings. The largest absolute Gasteiger partial charge is 0.467 e. The Morgan fingerprint density at radius 1 is 1.36 bits per heavy atom. The van der Waals surface area contributed by atoms with Gasteiger partial charge in [-0.3, -0.25) is 9.48 Å². The van der Waals surface area contributed by atoms with E-state index in [1.54, 1.807) is 10.9 Å². The second-order valence-corrected chi connectivity index (χ2v) is 6.39. The van der Waals surface area contributed by atoms with Crippen molar-refractivity contribution in [3.63, 3.8) is 0 Å². The smallest absolute Gasteiger partial charge is 0.226 e. The van der Waals surface area contributed by atoms with Gasteiger partial charge < -0.3 is 9.73 Å². The van der Waals surface area contributed by atoms with Gasteiger partial charge in [-0.05, 0) is 32.9 Å². The van der Waals surface area contributed by atoms with Crippen LogP contribution in [0.4, 0.5) is 5.82 Å². The van der Waals surface area contributed by atoms with Crippen LogP contribution in [-0.2, 0) is 17.9 Å². The molecule has 3 aromatic heterocycles. The van der Waals surface area contributed by atoms with Crippen molar-refractivity contribution in [3.05, 3.63) is 52.9 Å². The topological polar surface area (TPSA) is 77.9 Å². The van der Waals surface area contributed by atoms with Crippen LogP contribution in [0.2, 0.25) is 0 Å². The summed E-state index contributed by atoms with van der Waals surface area (Å²) in [6.45, 7) is 7.45. The van der Waals surface area contributed by atoms with Gasteiger partial charge in [0.2, 0.25) is 5.91 Å². The summed E-state index contributed by atoms with van der Waals surface area (Å²) >= 11 is 0. The number of rotatable bonds is 4. The fraction of sp³-hybridized carbons (Fsp3) is 0.389. The third kappa shape index (κ3) is 2.56. The lowest BCUT2D eigenvalue weighted by atomic mass is 9.86. The van der Waals surface area contributed by atoms with Crippen molar-refractivity contribution in [2.75, 3.05) is 5.32 Å². The molecule has 1 aliphatic heterocycles. The number of fused-ring (bicyclic) bond motifs is 1. The van der Waals surface area contributed by atoms with Crippen molar-refractivity contribution in [2.24, 2.45) is 0 Å². The number of furan rings is 1. The summed E-state index contributed by atoms with van der Waals surface area (Å²) in [5, 5.41) is 12.1. The average molecular weight is 339 g/mol. The van der Waals surface area contributed by atoms with E-state index in [1.165, 1.54) is 0 Å². The molecule has 0 saturated carbocycles. The Hall–Kier alpha value is -2.83. The van der Waals surface area contributed by atoms with Gasteiger partial charge in [-0.15, -0.1) is 0 Å². The van der Waals surface area contributed by atoms with Gasteiger partial charge >= 0.3 is 0 Å². The number of nitrogens with one attached hydrogen (secondary N) is 1. The van der Waals surface area contributed by atoms with Crippen LogP contribution in [0.1, 0.15) is 47.5 Å². The summed E-state index contributed by atoms with van der Waals surface area (Å²) in [7, 11) is 0. The second-order valence-electron chi connectivity index (χ2n) is 6.39. The summed E-state index contributed by atoms with van der Waals surface area (Å²) in [5.74, 6) is 1.53. The van der Waals surface area contributed by atoms with E-state index < -0.39 is 0 Å². The van der Waals surface area contributed by atoms with E-state index in [0.717, 1.165) is 40.6 Å². The van der Waals surface area contributed by atoms with Crippen molar-refractivity contribution in [3.8, 4) is 0 Å². The Morgan fingerprint density at radius 3 is 2.88 bits per heavy atom. The molecular weight excluding hydrogens is 318 g/mol. The number of amides is 1. The maximum Gasteiger partial charge on any atom is 0.226 e. The van der Waals surface area contributed by atoms with E-state index in [-0.39, 0.29) is 11.8 Å². The molecule has 0 aliphatic carbocycles. The Balaban J connectivity index is 1.77. The Kier molecular flexibility index (Phi) is 3.71. The monoisotopic (exact) mass is 339 g/mol. The first-order valence-electron chi connectivity index (χ1n) is 8.50. The van der Waals surface area contributed by atoms with Crippen LogP contribution >= 0.6 is 0 Å². The number of hydrogen-bond acceptors (Lipinski definition) is 4. The Bertz CT molecular complexity index is 920. The number of aryl methyl sites for hydroxylation is 2. The first-order valence-corrected chi connectivity index (χ1v) is 8.50. The standard InChI is InChI=1S/C18H21N5O2/c1-4-22-12(3)17(11(2)21-22)14-8-16(24)20-18-15(14)9-19-23(18)10-13-6-5-7-25-13/h5-7,9,14H,4,8,10H2,1-3H3,(H,20,24)/t14-/m0/s1. The Morgan fingerprint density at radius 2 is 2.20 bits per heavy atom. The minimum absolute atomic E-state index is 0.00161. The SMILES string of the molecule is CCn1nc(C)c([C@H]2CC(=O)Nc3c2cnn3Cc2ccco2)c1C. The molecule has 130 valence electrons. The van der Waals surface area contributed by atoms with Crippen LogP contribution in [0.15, 0.2) is 29.0 Å². The van der Waals surface area contributed by atoms with Gasteiger partial charge in [-0.25, -0.2) is 4.68 Å². The molecule has 4 rings (SSSR count). The highest BCUT2D eigenvalue weighted by atomic mass is 16.3. The lowest BCUT2D eigenvalue weighted by Gasteiger charge is -2.24. The summed E-state index contributed by atoms with van der Waals surface area (Å²) in [5.41, 5.74) is 4.26. The van der Waals surface area contributed by atoms with Crippen molar-refractivity contribution >= 4 is 11.7 Å². The summed E-state index contributed by atoms with van der Waals surface area (Å²) in [4.78, 5) is 12.4. The number of aromatic nitrogens is 4. The lowest BCUT2D eigenvalue weighted by Crippen LogP contribution is -2.25. The van der Waals surface area contributed by atoms with E-state index in [0.29, 0.717) is 13.0 Å². The molecular formula is C18H21N5O2. The van der Waals surface area contributed by atoms with Crippen molar-refractivity contribution in [2.45, 2.75) is 46.2 Å². The number of carbonyl (C=O) groups excluding carboxylic acids is 1. The summed E-state index contributed by atoms with van der Waals surface area (Å²) in [6.07, 6.45) is 3.90. The highest BCUT2D eigenvalue weighted by Gasteiger charge is 2.33. The number of nitrogens with zero attached hydrogens (tertiary/aromatic N) is 4. The van der Waals surface area contributed by atoms with E-state index in [1.807, 2.05) is 29.9 Å². The molecule has 25 heavy (non-hydrogen) atoms. The fourth-order valence-electron chi connectivity index (χ4n) is 3.72. The average Bonchev–Trinajstić information content (AvgIpc) is 3.29. The predicted octanol–water partition coefficient (Wildman–Crippen LogP) is 2.83. The summed E-state index contributed by atoms with van der Waals surface area (Å²) < 4.78 is 9.18. The maximum absolute atomic E-state index is 12.4. The molecule has 0 radical (unpaired) electrons. The van der Waals surface area contributed by atoms with Crippen molar-refractivity contribution < 1.29 is 9.21 Å². The predicted molar refractivity (Wildman–Crippen MR) is 92.5 cm³/mol. The zero-order chi connectivity index (χ0) is 17.6. The van der Waals surface area contributed by atoms with Gasteiger partial charge in [-0.2, -0.15) is 10.2 Å². The normalized spacial score (nSPS) is 16.8. The molecule has 1 aliphatic rings. The molecule has 0 unspecified atom stereocenters. The molecule has 0 bridgehead atoms. The molecule has 3 aromatic rings. The van der Waals surface area contributed by atoms with Gasteiger partial charge in [0.05, 0.1) is 18.2 Å². The van der Waals surface area contributed by atoms with E-state index >= 15 is 0 Å². The minimum Gasteiger partial charge on any atom is -0.467 e. The molecule has 1 amide bonds. The van der Waals surface area contributed by atoms with E-state index in [2.05, 4.69) is 29.4 Å². The molecule has 7 heteroatoms. The van der Waals surface area contributed by atoms with Gasteiger partial charge in [-0.1, -0.05) is 0 Å². The maximum atomic E-state index is 12.4. The van der Waals surface area contributed by atoms with Crippen LogP contribution in [0.3, 0.4) is 0 Å². The molecule has 7 nitrogen and oxygen atoms in total. The highest BCUT2D eigenvalue weighted by molar-refractivity contribution is 5.94. The van der Waals surface area contributed by atoms with Crippen LogP contribution in [0, 0.1) is 13.8 Å². The quantitative estimate of drug-likeness (QED) is 0.793. The molecule has 1 N–H and O–H groups in total. The molecule has 0 spiro atoms. The first kappa shape index (κ1) is 15.7. The van der Waals surface area contributed by atoms with Crippen LogP contribution < -0.4 is 5.32 Å². The molecule has 0 saturated heterocycles. The lowest BCUT2D eigenvalue weighted by molar-refractivity contribution is -0.116. The van der Waals surface area contributed by atoms with Gasteiger partial charge in [0.1, 0.15) is 18.1 Å². The number of hydrogen-bond donors (Lipinski definition) is 1. The van der Waals surface area contributed by atoms with Crippen molar-refractivity contribution in [1.82, 2.24) is 19.6 Å². The molecule has 4 heterocycles. The third-order valence-corrected chi connectivity index (χ3v) is 4.86. The Labute approximate surface area is 145 Å². The minimum atomic E-state index is -0.0191. The van der Waals surface area contributed by atoms with Crippen LogP contribution in [-0.4, -0.2) is 25.5 Å². The van der Waals surface area contributed by atoms with Gasteiger partial charge in [0.25, 0.3) is 0 Å². The van der Waals surface area contributed by atoms with E-state index in [4.69, 9.17) is 4.42 Å². The van der Waals surface area contributed by atoms with Crippen LogP contribution in [0.25, 0.3) is 0 Å². The third-order valence-electron chi connectivity index (χ3n) is 4.86. The van der Waals surface area contributed by atoms with Gasteiger partial charge in [0.15, 0.2) is 0 Å². The van der Waals surface area contributed by atoms with Gasteiger partial charge in [0, 0.05) is 35.7 Å². The van der Waals surface area contributed by atoms with Crippen molar-refractivity contribution in [1.29, 1.82) is 0 Å². The molecule has 0 aromatic carbocycles. The fourth-order valence-corrected chi connectivity index (χ4v) is 3.72. The zero-order valence-corrected chi connectivity index (χ0v) is 14.6. The molecule has 1 atom stereocenters. The summed E-state index contributed by atoms with van der Waals surface area (Å²) in [6, 6.07) is 3.74. The van der Waals surface area contributed by atoms with Crippen LogP contribution in [0.5, 0.6) is 0 Å².